The minimum atomic E-state index is -0.465. The molecule has 0 bridgehead atoms. The molecule has 0 unspecified atom stereocenters. The number of allylic oxidation sites excluding steroid dienone is 2. The molecule has 0 heterocycles. The summed E-state index contributed by atoms with van der Waals surface area (Å²) >= 11 is 0. The van der Waals surface area contributed by atoms with E-state index in [9.17, 15) is 9.90 Å². The number of hydrogen-bond donors (Lipinski definition) is 1. The molecule has 3 heteroatoms. The average Bonchev–Trinajstić information content (AvgIpc) is 2.53. The maximum absolute atomic E-state index is 11.3. The average molecular weight is 214 g/mol. The molecule has 0 saturated carbocycles. The minimum absolute atomic E-state index is 0.0466. The zero-order valence-electron chi connectivity index (χ0n) is 8.73. The van der Waals surface area contributed by atoms with Gasteiger partial charge in [-0.2, -0.15) is 0 Å². The zero-order chi connectivity index (χ0) is 11.5. The maximum atomic E-state index is 11.3. The summed E-state index contributed by atoms with van der Waals surface area (Å²) in [6, 6.07) is 3.07. The Bertz CT molecular complexity index is 532. The first kappa shape index (κ1) is 10.3. The Balaban J connectivity index is 2.60. The number of esters is 1. The van der Waals surface area contributed by atoms with Crippen LogP contribution < -0.4 is 0 Å². The Kier molecular flexibility index (Phi) is 2.63. The van der Waals surface area contributed by atoms with E-state index in [1.807, 2.05) is 0 Å². The van der Waals surface area contributed by atoms with Crippen LogP contribution >= 0.6 is 0 Å². The fraction of sp³-hybridized carbons (Fsp3) is 0.0769. The molecule has 0 fully saturated rings. The molecule has 3 nitrogen and oxygen atoms in total. The smallest absolute Gasteiger partial charge is 0.338 e. The summed E-state index contributed by atoms with van der Waals surface area (Å²) in [7, 11) is 1.31. The van der Waals surface area contributed by atoms with Crippen LogP contribution in [-0.4, -0.2) is 18.2 Å². The van der Waals surface area contributed by atoms with Crippen LogP contribution in [0.15, 0.2) is 30.0 Å². The predicted octanol–water partition coefficient (Wildman–Crippen LogP) is 2.37. The first-order chi connectivity index (χ1) is 7.72. The van der Waals surface area contributed by atoms with Gasteiger partial charge >= 0.3 is 5.97 Å². The van der Waals surface area contributed by atoms with Crippen LogP contribution in [0.3, 0.4) is 0 Å². The van der Waals surface area contributed by atoms with Crippen LogP contribution in [0.2, 0.25) is 0 Å². The number of hydrogen-bond acceptors (Lipinski definition) is 3. The maximum Gasteiger partial charge on any atom is 0.338 e. The molecule has 0 amide bonds. The van der Waals surface area contributed by atoms with E-state index < -0.39 is 5.97 Å². The fourth-order valence-electron chi connectivity index (χ4n) is 1.53. The van der Waals surface area contributed by atoms with Crippen molar-refractivity contribution in [1.29, 1.82) is 0 Å². The van der Waals surface area contributed by atoms with Crippen molar-refractivity contribution in [2.24, 2.45) is 0 Å². The van der Waals surface area contributed by atoms with E-state index in [1.54, 1.807) is 30.4 Å². The zero-order valence-corrected chi connectivity index (χ0v) is 8.73. The molecule has 2 rings (SSSR count). The van der Waals surface area contributed by atoms with Gasteiger partial charge in [0.05, 0.1) is 12.7 Å². The van der Waals surface area contributed by atoms with Crippen LogP contribution in [0, 0.1) is 0 Å². The van der Waals surface area contributed by atoms with Gasteiger partial charge in [-0.15, -0.1) is 5.73 Å². The highest BCUT2D eigenvalue weighted by atomic mass is 16.5. The van der Waals surface area contributed by atoms with Crippen molar-refractivity contribution >= 4 is 18.1 Å². The molecule has 0 spiro atoms. The van der Waals surface area contributed by atoms with Gasteiger partial charge in [-0.3, -0.25) is 0 Å². The number of fused-ring (bicyclic) bond motifs is 1. The summed E-state index contributed by atoms with van der Waals surface area (Å²) in [5.74, 6) is -0.418. The van der Waals surface area contributed by atoms with Crippen molar-refractivity contribution in [3.05, 3.63) is 46.7 Å². The second-order valence-corrected chi connectivity index (χ2v) is 3.33. The summed E-state index contributed by atoms with van der Waals surface area (Å²) in [5.41, 5.74) is 4.64. The van der Waals surface area contributed by atoms with Crippen LogP contribution in [0.1, 0.15) is 21.5 Å². The van der Waals surface area contributed by atoms with Gasteiger partial charge in [-0.1, -0.05) is 12.2 Å². The van der Waals surface area contributed by atoms with E-state index in [0.717, 1.165) is 5.56 Å². The molecule has 0 aromatic heterocycles. The molecule has 1 aromatic rings. The van der Waals surface area contributed by atoms with Crippen molar-refractivity contribution in [2.45, 2.75) is 0 Å². The van der Waals surface area contributed by atoms with Crippen LogP contribution in [0.25, 0.3) is 12.2 Å². The fourth-order valence-corrected chi connectivity index (χ4v) is 1.53. The Morgan fingerprint density at radius 1 is 1.44 bits per heavy atom. The number of phenols is 1. The minimum Gasteiger partial charge on any atom is -0.507 e. The quantitative estimate of drug-likeness (QED) is 0.576. The van der Waals surface area contributed by atoms with Crippen LogP contribution in [0.5, 0.6) is 5.75 Å². The molecular formula is C13H10O3. The van der Waals surface area contributed by atoms with Crippen molar-refractivity contribution in [3.63, 3.8) is 0 Å². The van der Waals surface area contributed by atoms with Crippen molar-refractivity contribution in [1.82, 2.24) is 0 Å². The van der Waals surface area contributed by atoms with Crippen LogP contribution in [-0.2, 0) is 4.74 Å². The lowest BCUT2D eigenvalue weighted by Crippen LogP contribution is -2.02. The van der Waals surface area contributed by atoms with E-state index in [1.165, 1.54) is 13.2 Å². The third kappa shape index (κ3) is 1.76. The number of carbonyl (C=O) groups is 1. The molecule has 1 aliphatic rings. The highest BCUT2D eigenvalue weighted by molar-refractivity contribution is 5.92. The second-order valence-electron chi connectivity index (χ2n) is 3.33. The molecule has 1 aliphatic carbocycles. The van der Waals surface area contributed by atoms with Crippen molar-refractivity contribution in [3.8, 4) is 5.75 Å². The number of rotatable bonds is 1. The summed E-state index contributed by atoms with van der Waals surface area (Å²) < 4.78 is 4.61. The third-order valence-corrected chi connectivity index (χ3v) is 2.31. The topological polar surface area (TPSA) is 46.5 Å². The van der Waals surface area contributed by atoms with Gasteiger partial charge in [0.15, 0.2) is 0 Å². The molecular weight excluding hydrogens is 204 g/mol. The van der Waals surface area contributed by atoms with E-state index in [4.69, 9.17) is 0 Å². The number of ether oxygens (including phenoxy) is 1. The number of phenolic OH excluding ortho intramolecular Hbond substituents is 1. The lowest BCUT2D eigenvalue weighted by atomic mass is 10.0. The number of benzene rings is 1. The summed E-state index contributed by atoms with van der Waals surface area (Å²) in [4.78, 5) is 11.3. The number of aromatic hydroxyl groups is 1. The summed E-state index contributed by atoms with van der Waals surface area (Å²) in [6.07, 6.45) is 7.00. The molecule has 0 saturated heterocycles. The van der Waals surface area contributed by atoms with E-state index in [2.05, 4.69) is 10.5 Å². The SMILES string of the molecule is COC(=O)c1cc(O)c2c(c1)C=CC=C=C2. The lowest BCUT2D eigenvalue weighted by molar-refractivity contribution is 0.0600. The molecule has 0 aliphatic heterocycles. The predicted molar refractivity (Wildman–Crippen MR) is 61.0 cm³/mol. The van der Waals surface area contributed by atoms with Gasteiger partial charge in [0.2, 0.25) is 0 Å². The monoisotopic (exact) mass is 214 g/mol. The Hall–Kier alpha value is -2.25. The second kappa shape index (κ2) is 4.09. The number of carbonyl (C=O) groups excluding carboxylic acids is 1. The Morgan fingerprint density at radius 3 is 3.00 bits per heavy atom. The van der Waals surface area contributed by atoms with Gasteiger partial charge in [0.25, 0.3) is 0 Å². The molecule has 0 radical (unpaired) electrons. The molecule has 16 heavy (non-hydrogen) atoms. The van der Waals surface area contributed by atoms with Gasteiger partial charge in [-0.25, -0.2) is 4.79 Å². The number of methoxy groups -OCH3 is 1. The van der Waals surface area contributed by atoms with Crippen molar-refractivity contribution < 1.29 is 14.6 Å². The van der Waals surface area contributed by atoms with E-state index in [0.29, 0.717) is 11.1 Å². The van der Waals surface area contributed by atoms with Crippen molar-refractivity contribution in [2.75, 3.05) is 7.11 Å². The van der Waals surface area contributed by atoms with E-state index in [-0.39, 0.29) is 5.75 Å². The first-order valence-corrected chi connectivity index (χ1v) is 4.77. The summed E-state index contributed by atoms with van der Waals surface area (Å²) in [6.45, 7) is 0. The molecule has 80 valence electrons. The highest BCUT2D eigenvalue weighted by Crippen LogP contribution is 2.27. The lowest BCUT2D eigenvalue weighted by Gasteiger charge is -2.06. The third-order valence-electron chi connectivity index (χ3n) is 2.31. The van der Waals surface area contributed by atoms with Gasteiger partial charge in [0.1, 0.15) is 5.75 Å². The first-order valence-electron chi connectivity index (χ1n) is 4.77. The normalized spacial score (nSPS) is 12.1. The molecule has 0 atom stereocenters. The molecule has 1 N–H and O–H groups in total. The summed E-state index contributed by atoms with van der Waals surface area (Å²) in [5, 5.41) is 9.78. The standard InChI is InChI=1S/C13H10O3/c1-16-13(15)10-7-9-5-3-2-4-6-11(9)12(14)8-10/h2-3,5-8,14H,1H3. The highest BCUT2D eigenvalue weighted by Gasteiger charge is 2.12. The van der Waals surface area contributed by atoms with Gasteiger partial charge in [0, 0.05) is 5.56 Å². The Labute approximate surface area is 93.0 Å². The Morgan fingerprint density at radius 2 is 2.25 bits per heavy atom. The van der Waals surface area contributed by atoms with Gasteiger partial charge in [-0.05, 0) is 29.8 Å². The van der Waals surface area contributed by atoms with Gasteiger partial charge < -0.3 is 9.84 Å². The van der Waals surface area contributed by atoms with E-state index >= 15 is 0 Å². The van der Waals surface area contributed by atoms with Crippen LogP contribution in [0.4, 0.5) is 0 Å². The largest absolute Gasteiger partial charge is 0.507 e. The molecule has 1 aromatic carbocycles.